The Morgan fingerprint density at radius 1 is 1.00 bits per heavy atom. The lowest BCUT2D eigenvalue weighted by Crippen LogP contribution is -1.96. The topological polar surface area (TPSA) is 44.5 Å². The Morgan fingerprint density at radius 2 is 1.76 bits per heavy atom. The standard InChI is InChI=1S/C14H15NO2/c1-16-13-7-5-11(6-8-13)10-17-14-4-2-3-12(15)9-14/h2-9H,10,15H2,1H3. The number of rotatable bonds is 4. The van der Waals surface area contributed by atoms with Gasteiger partial charge >= 0.3 is 0 Å². The van der Waals surface area contributed by atoms with E-state index in [-0.39, 0.29) is 0 Å². The average molecular weight is 229 g/mol. The molecular weight excluding hydrogens is 214 g/mol. The largest absolute Gasteiger partial charge is 0.497 e. The molecule has 0 unspecified atom stereocenters. The molecule has 3 heteroatoms. The van der Waals surface area contributed by atoms with Crippen LogP contribution in [0.3, 0.4) is 0 Å². The molecule has 0 heterocycles. The summed E-state index contributed by atoms with van der Waals surface area (Å²) in [6, 6.07) is 15.2. The zero-order chi connectivity index (χ0) is 12.1. The van der Waals surface area contributed by atoms with E-state index in [1.54, 1.807) is 7.11 Å². The number of hydrogen-bond donors (Lipinski definition) is 1. The Bertz CT molecular complexity index is 480. The molecule has 0 aromatic heterocycles. The van der Waals surface area contributed by atoms with Crippen LogP contribution >= 0.6 is 0 Å². The van der Waals surface area contributed by atoms with E-state index in [0.29, 0.717) is 12.3 Å². The lowest BCUT2D eigenvalue weighted by molar-refractivity contribution is 0.306. The van der Waals surface area contributed by atoms with Crippen LogP contribution in [0, 0.1) is 0 Å². The van der Waals surface area contributed by atoms with Crippen molar-refractivity contribution in [1.29, 1.82) is 0 Å². The zero-order valence-electron chi connectivity index (χ0n) is 9.72. The second kappa shape index (κ2) is 5.25. The Labute approximate surface area is 101 Å². The molecule has 0 amide bonds. The van der Waals surface area contributed by atoms with Crippen LogP contribution < -0.4 is 15.2 Å². The van der Waals surface area contributed by atoms with E-state index in [9.17, 15) is 0 Å². The number of benzene rings is 2. The molecule has 2 aromatic carbocycles. The predicted octanol–water partition coefficient (Wildman–Crippen LogP) is 2.86. The number of nitrogens with two attached hydrogens (primary N) is 1. The summed E-state index contributed by atoms with van der Waals surface area (Å²) in [6.45, 7) is 0.521. The van der Waals surface area contributed by atoms with Gasteiger partial charge in [-0.1, -0.05) is 18.2 Å². The minimum Gasteiger partial charge on any atom is -0.497 e. The van der Waals surface area contributed by atoms with Crippen molar-refractivity contribution in [2.45, 2.75) is 6.61 Å². The third-order valence-electron chi connectivity index (χ3n) is 2.42. The fourth-order valence-electron chi connectivity index (χ4n) is 1.49. The van der Waals surface area contributed by atoms with Crippen LogP contribution in [0.2, 0.25) is 0 Å². The fraction of sp³-hybridized carbons (Fsp3) is 0.143. The summed E-state index contributed by atoms with van der Waals surface area (Å²) in [7, 11) is 1.65. The van der Waals surface area contributed by atoms with Crippen LogP contribution in [0.25, 0.3) is 0 Å². The van der Waals surface area contributed by atoms with Gasteiger partial charge in [-0.15, -0.1) is 0 Å². The van der Waals surface area contributed by atoms with Crippen LogP contribution in [0.5, 0.6) is 11.5 Å². The van der Waals surface area contributed by atoms with Crippen molar-refractivity contribution in [3.8, 4) is 11.5 Å². The number of methoxy groups -OCH3 is 1. The molecule has 0 atom stereocenters. The Hall–Kier alpha value is -2.16. The number of nitrogen functional groups attached to an aromatic ring is 1. The maximum absolute atomic E-state index is 5.67. The molecule has 0 aliphatic heterocycles. The molecule has 0 aliphatic rings. The summed E-state index contributed by atoms with van der Waals surface area (Å²) in [6.07, 6.45) is 0. The highest BCUT2D eigenvalue weighted by Gasteiger charge is 1.97. The van der Waals surface area contributed by atoms with Crippen LogP contribution in [-0.4, -0.2) is 7.11 Å². The number of anilines is 1. The molecule has 88 valence electrons. The van der Waals surface area contributed by atoms with Gasteiger partial charge in [0.1, 0.15) is 18.1 Å². The molecular formula is C14H15NO2. The van der Waals surface area contributed by atoms with E-state index in [0.717, 1.165) is 17.1 Å². The second-order valence-electron chi connectivity index (χ2n) is 3.71. The van der Waals surface area contributed by atoms with E-state index in [2.05, 4.69) is 0 Å². The molecule has 2 N–H and O–H groups in total. The van der Waals surface area contributed by atoms with E-state index < -0.39 is 0 Å². The van der Waals surface area contributed by atoms with Gasteiger partial charge in [0.2, 0.25) is 0 Å². The van der Waals surface area contributed by atoms with Crippen molar-refractivity contribution in [3.63, 3.8) is 0 Å². The molecule has 2 aromatic rings. The van der Waals surface area contributed by atoms with E-state index in [4.69, 9.17) is 15.2 Å². The van der Waals surface area contributed by atoms with Crippen LogP contribution in [0.15, 0.2) is 48.5 Å². The monoisotopic (exact) mass is 229 g/mol. The van der Waals surface area contributed by atoms with Crippen LogP contribution in [0.4, 0.5) is 5.69 Å². The minimum absolute atomic E-state index is 0.521. The lowest BCUT2D eigenvalue weighted by Gasteiger charge is -2.07. The summed E-state index contributed by atoms with van der Waals surface area (Å²) < 4.78 is 10.7. The minimum atomic E-state index is 0.521. The van der Waals surface area contributed by atoms with Crippen molar-refractivity contribution in [2.24, 2.45) is 0 Å². The van der Waals surface area contributed by atoms with Gasteiger partial charge in [0.25, 0.3) is 0 Å². The van der Waals surface area contributed by atoms with Gasteiger partial charge in [0, 0.05) is 11.8 Å². The van der Waals surface area contributed by atoms with Gasteiger partial charge in [-0.25, -0.2) is 0 Å². The fourth-order valence-corrected chi connectivity index (χ4v) is 1.49. The molecule has 0 radical (unpaired) electrons. The van der Waals surface area contributed by atoms with Crippen molar-refractivity contribution in [3.05, 3.63) is 54.1 Å². The molecule has 0 spiro atoms. The summed E-state index contributed by atoms with van der Waals surface area (Å²) in [5, 5.41) is 0. The molecule has 2 rings (SSSR count). The molecule has 0 aliphatic carbocycles. The first-order valence-electron chi connectivity index (χ1n) is 5.39. The van der Waals surface area contributed by atoms with Gasteiger partial charge < -0.3 is 15.2 Å². The predicted molar refractivity (Wildman–Crippen MR) is 68.2 cm³/mol. The third-order valence-corrected chi connectivity index (χ3v) is 2.42. The SMILES string of the molecule is COc1ccc(COc2cccc(N)c2)cc1. The second-order valence-corrected chi connectivity index (χ2v) is 3.71. The Morgan fingerprint density at radius 3 is 2.41 bits per heavy atom. The lowest BCUT2D eigenvalue weighted by atomic mass is 10.2. The van der Waals surface area contributed by atoms with Gasteiger partial charge in [-0.3, -0.25) is 0 Å². The maximum atomic E-state index is 5.67. The first-order chi connectivity index (χ1) is 8.28. The van der Waals surface area contributed by atoms with E-state index in [1.165, 1.54) is 0 Å². The van der Waals surface area contributed by atoms with Gasteiger partial charge in [0.15, 0.2) is 0 Å². The van der Waals surface area contributed by atoms with Crippen molar-refractivity contribution < 1.29 is 9.47 Å². The van der Waals surface area contributed by atoms with Gasteiger partial charge in [-0.2, -0.15) is 0 Å². The van der Waals surface area contributed by atoms with Gasteiger partial charge in [-0.05, 0) is 29.8 Å². The summed E-state index contributed by atoms with van der Waals surface area (Å²) >= 11 is 0. The van der Waals surface area contributed by atoms with Crippen LogP contribution in [-0.2, 0) is 6.61 Å². The quantitative estimate of drug-likeness (QED) is 0.820. The molecule has 0 saturated carbocycles. The van der Waals surface area contributed by atoms with Gasteiger partial charge in [0.05, 0.1) is 7.11 Å². The summed E-state index contributed by atoms with van der Waals surface area (Å²) in [5.74, 6) is 1.62. The maximum Gasteiger partial charge on any atom is 0.121 e. The van der Waals surface area contributed by atoms with Crippen molar-refractivity contribution in [1.82, 2.24) is 0 Å². The van der Waals surface area contributed by atoms with Crippen LogP contribution in [0.1, 0.15) is 5.56 Å². The molecule has 0 bridgehead atoms. The Kier molecular flexibility index (Phi) is 3.50. The number of ether oxygens (including phenoxy) is 2. The van der Waals surface area contributed by atoms with E-state index >= 15 is 0 Å². The first-order valence-corrected chi connectivity index (χ1v) is 5.39. The molecule has 0 saturated heterocycles. The molecule has 3 nitrogen and oxygen atoms in total. The first kappa shape index (κ1) is 11.3. The molecule has 0 fully saturated rings. The number of hydrogen-bond acceptors (Lipinski definition) is 3. The highest BCUT2D eigenvalue weighted by Crippen LogP contribution is 2.17. The average Bonchev–Trinajstić information content (AvgIpc) is 2.37. The van der Waals surface area contributed by atoms with E-state index in [1.807, 2.05) is 48.5 Å². The third kappa shape index (κ3) is 3.14. The normalized spacial score (nSPS) is 9.94. The Balaban J connectivity index is 1.97. The zero-order valence-corrected chi connectivity index (χ0v) is 9.72. The highest BCUT2D eigenvalue weighted by molar-refractivity contribution is 5.43. The van der Waals surface area contributed by atoms with Crippen molar-refractivity contribution >= 4 is 5.69 Å². The smallest absolute Gasteiger partial charge is 0.121 e. The highest BCUT2D eigenvalue weighted by atomic mass is 16.5. The molecule has 17 heavy (non-hydrogen) atoms. The summed E-state index contributed by atoms with van der Waals surface area (Å²) in [5.41, 5.74) is 7.47. The van der Waals surface area contributed by atoms with Crippen molar-refractivity contribution in [2.75, 3.05) is 12.8 Å². The summed E-state index contributed by atoms with van der Waals surface area (Å²) in [4.78, 5) is 0.